The van der Waals surface area contributed by atoms with E-state index in [1.807, 2.05) is 25.1 Å². The molecule has 0 unspecified atom stereocenters. The fraction of sp³-hybridized carbons (Fsp3) is 0.625. The molecule has 2 rings (SSSR count). The lowest BCUT2D eigenvalue weighted by atomic mass is 9.96. The van der Waals surface area contributed by atoms with E-state index in [-0.39, 0.29) is 6.10 Å². The van der Waals surface area contributed by atoms with Crippen LogP contribution in [0.4, 0.5) is 0 Å². The molecule has 0 saturated carbocycles. The van der Waals surface area contributed by atoms with Gasteiger partial charge in [0.05, 0.1) is 6.10 Å². The van der Waals surface area contributed by atoms with Gasteiger partial charge in [0.15, 0.2) is 0 Å². The van der Waals surface area contributed by atoms with Gasteiger partial charge in [0, 0.05) is 18.1 Å². The molecule has 0 radical (unpaired) electrons. The average molecular weight is 297 g/mol. The number of aliphatic hydroxyl groups excluding tert-OH is 1. The normalized spacial score (nSPS) is 19.1. The van der Waals surface area contributed by atoms with Gasteiger partial charge in [0.1, 0.15) is 0 Å². The first-order valence-corrected chi connectivity index (χ1v) is 7.87. The highest BCUT2D eigenvalue weighted by Crippen LogP contribution is 2.17. The number of likely N-dealkylation sites (tertiary alicyclic amines) is 1. The summed E-state index contributed by atoms with van der Waals surface area (Å²) in [6.07, 6.45) is 2.22. The Hall–Kier alpha value is -0.610. The van der Waals surface area contributed by atoms with Gasteiger partial charge < -0.3 is 15.3 Å². The summed E-state index contributed by atoms with van der Waals surface area (Å²) in [6, 6.07) is 8.01. The Balaban J connectivity index is 1.64. The highest BCUT2D eigenvalue weighted by atomic mass is 35.5. The lowest BCUT2D eigenvalue weighted by Crippen LogP contribution is -2.40. The predicted molar refractivity (Wildman–Crippen MR) is 84.0 cm³/mol. The second-order valence-corrected chi connectivity index (χ2v) is 6.29. The van der Waals surface area contributed by atoms with E-state index in [1.165, 1.54) is 18.4 Å². The highest BCUT2D eigenvalue weighted by Gasteiger charge is 2.19. The molecular weight excluding hydrogens is 272 g/mol. The second kappa shape index (κ2) is 7.99. The standard InChI is InChI=1S/C16H25ClN2O/c1-13(20)12-19-7-5-14(6-8-19)10-18-11-15-3-2-4-16(17)9-15/h2-4,9,13-14,18,20H,5-8,10-12H2,1H3/t13-/m0/s1. The Morgan fingerprint density at radius 1 is 1.40 bits per heavy atom. The quantitative estimate of drug-likeness (QED) is 0.847. The largest absolute Gasteiger partial charge is 0.392 e. The zero-order valence-electron chi connectivity index (χ0n) is 12.2. The van der Waals surface area contributed by atoms with Crippen molar-refractivity contribution in [3.8, 4) is 0 Å². The van der Waals surface area contributed by atoms with E-state index in [1.54, 1.807) is 0 Å². The van der Waals surface area contributed by atoms with Crippen molar-refractivity contribution in [1.29, 1.82) is 0 Å². The molecule has 3 nitrogen and oxygen atoms in total. The van der Waals surface area contributed by atoms with Crippen LogP contribution >= 0.6 is 11.6 Å². The van der Waals surface area contributed by atoms with E-state index < -0.39 is 0 Å². The second-order valence-electron chi connectivity index (χ2n) is 5.85. The molecule has 0 amide bonds. The number of piperidine rings is 1. The molecule has 0 spiro atoms. The van der Waals surface area contributed by atoms with Crippen LogP contribution < -0.4 is 5.32 Å². The number of rotatable bonds is 6. The molecule has 1 atom stereocenters. The Morgan fingerprint density at radius 3 is 2.80 bits per heavy atom. The van der Waals surface area contributed by atoms with Crippen LogP contribution in [0.15, 0.2) is 24.3 Å². The molecule has 1 aliphatic rings. The fourth-order valence-electron chi connectivity index (χ4n) is 2.81. The number of nitrogens with one attached hydrogen (secondary N) is 1. The van der Waals surface area contributed by atoms with E-state index in [0.29, 0.717) is 0 Å². The van der Waals surface area contributed by atoms with Crippen LogP contribution in [0.25, 0.3) is 0 Å². The minimum atomic E-state index is -0.215. The number of nitrogens with zero attached hydrogens (tertiary/aromatic N) is 1. The maximum Gasteiger partial charge on any atom is 0.0639 e. The molecule has 1 fully saturated rings. The van der Waals surface area contributed by atoms with Crippen molar-refractivity contribution in [2.45, 2.75) is 32.4 Å². The van der Waals surface area contributed by atoms with E-state index in [0.717, 1.165) is 43.7 Å². The van der Waals surface area contributed by atoms with Crippen molar-refractivity contribution >= 4 is 11.6 Å². The Kier molecular flexibility index (Phi) is 6.30. The topological polar surface area (TPSA) is 35.5 Å². The molecule has 2 N–H and O–H groups in total. The number of benzene rings is 1. The lowest BCUT2D eigenvalue weighted by molar-refractivity contribution is 0.0998. The summed E-state index contributed by atoms with van der Waals surface area (Å²) in [6.45, 7) is 6.83. The summed E-state index contributed by atoms with van der Waals surface area (Å²) >= 11 is 5.98. The summed E-state index contributed by atoms with van der Waals surface area (Å²) in [7, 11) is 0. The van der Waals surface area contributed by atoms with Crippen molar-refractivity contribution in [3.05, 3.63) is 34.9 Å². The van der Waals surface area contributed by atoms with Gasteiger partial charge in [-0.25, -0.2) is 0 Å². The highest BCUT2D eigenvalue weighted by molar-refractivity contribution is 6.30. The number of β-amino-alcohol motifs (C(OH)–C–C–N with tert-alkyl or cyclic N) is 1. The van der Waals surface area contributed by atoms with Gasteiger partial charge in [0.25, 0.3) is 0 Å². The van der Waals surface area contributed by atoms with Crippen LogP contribution in [0.2, 0.25) is 5.02 Å². The summed E-state index contributed by atoms with van der Waals surface area (Å²) in [5.74, 6) is 0.749. The number of halogens is 1. The SMILES string of the molecule is C[C@H](O)CN1CCC(CNCc2cccc(Cl)c2)CC1. The van der Waals surface area contributed by atoms with Gasteiger partial charge in [-0.2, -0.15) is 0 Å². The summed E-state index contributed by atoms with van der Waals surface area (Å²) in [4.78, 5) is 2.36. The Morgan fingerprint density at radius 2 is 2.15 bits per heavy atom. The molecule has 20 heavy (non-hydrogen) atoms. The third kappa shape index (κ3) is 5.41. The first kappa shape index (κ1) is 15.8. The summed E-state index contributed by atoms with van der Waals surface area (Å²) < 4.78 is 0. The van der Waals surface area contributed by atoms with Crippen molar-refractivity contribution in [2.24, 2.45) is 5.92 Å². The molecule has 0 aliphatic carbocycles. The van der Waals surface area contributed by atoms with Crippen molar-refractivity contribution in [2.75, 3.05) is 26.2 Å². The maximum absolute atomic E-state index is 9.40. The zero-order chi connectivity index (χ0) is 14.4. The maximum atomic E-state index is 9.40. The molecule has 112 valence electrons. The smallest absolute Gasteiger partial charge is 0.0639 e. The molecule has 1 aliphatic heterocycles. The molecule has 1 heterocycles. The Bertz CT molecular complexity index is 403. The van der Waals surface area contributed by atoms with Crippen molar-refractivity contribution in [1.82, 2.24) is 10.2 Å². The van der Waals surface area contributed by atoms with Crippen LogP contribution in [0.1, 0.15) is 25.3 Å². The van der Waals surface area contributed by atoms with E-state index in [9.17, 15) is 5.11 Å². The van der Waals surface area contributed by atoms with Crippen LogP contribution in [0.5, 0.6) is 0 Å². The summed E-state index contributed by atoms with van der Waals surface area (Å²) in [5.41, 5.74) is 1.24. The van der Waals surface area contributed by atoms with E-state index in [2.05, 4.69) is 16.3 Å². The van der Waals surface area contributed by atoms with Crippen LogP contribution in [0, 0.1) is 5.92 Å². The first-order valence-electron chi connectivity index (χ1n) is 7.49. The molecule has 1 aromatic carbocycles. The molecule has 0 aromatic heterocycles. The summed E-state index contributed by atoms with van der Waals surface area (Å²) in [5, 5.41) is 13.7. The fourth-order valence-corrected chi connectivity index (χ4v) is 3.03. The number of aliphatic hydroxyl groups is 1. The van der Waals surface area contributed by atoms with Gasteiger partial charge in [-0.05, 0) is 63.0 Å². The van der Waals surface area contributed by atoms with E-state index >= 15 is 0 Å². The minimum absolute atomic E-state index is 0.215. The van der Waals surface area contributed by atoms with Crippen molar-refractivity contribution < 1.29 is 5.11 Å². The average Bonchev–Trinajstić information content (AvgIpc) is 2.40. The Labute approximate surface area is 126 Å². The van der Waals surface area contributed by atoms with Crippen LogP contribution in [-0.4, -0.2) is 42.3 Å². The van der Waals surface area contributed by atoms with Gasteiger partial charge in [-0.15, -0.1) is 0 Å². The molecule has 0 bridgehead atoms. The van der Waals surface area contributed by atoms with Gasteiger partial charge in [-0.3, -0.25) is 0 Å². The number of hydrogen-bond donors (Lipinski definition) is 2. The zero-order valence-corrected chi connectivity index (χ0v) is 12.9. The molecular formula is C16H25ClN2O. The third-order valence-corrected chi connectivity index (χ3v) is 4.12. The van der Waals surface area contributed by atoms with Crippen LogP contribution in [-0.2, 0) is 6.54 Å². The lowest BCUT2D eigenvalue weighted by Gasteiger charge is -2.32. The predicted octanol–water partition coefficient (Wildman–Crippen LogP) is 2.52. The monoisotopic (exact) mass is 296 g/mol. The minimum Gasteiger partial charge on any atom is -0.392 e. The van der Waals surface area contributed by atoms with E-state index in [4.69, 9.17) is 11.6 Å². The van der Waals surface area contributed by atoms with Crippen molar-refractivity contribution in [3.63, 3.8) is 0 Å². The van der Waals surface area contributed by atoms with Gasteiger partial charge >= 0.3 is 0 Å². The molecule has 1 aromatic rings. The van der Waals surface area contributed by atoms with Crippen LogP contribution in [0.3, 0.4) is 0 Å². The molecule has 4 heteroatoms. The van der Waals surface area contributed by atoms with Gasteiger partial charge in [0.2, 0.25) is 0 Å². The third-order valence-electron chi connectivity index (χ3n) is 3.88. The molecule has 1 saturated heterocycles. The number of hydrogen-bond acceptors (Lipinski definition) is 3. The van der Waals surface area contributed by atoms with Gasteiger partial charge in [-0.1, -0.05) is 23.7 Å². The first-order chi connectivity index (χ1) is 9.63.